The number of hydrogen-bond acceptors (Lipinski definition) is 2. The fourth-order valence-electron chi connectivity index (χ4n) is 1.02. The Labute approximate surface area is 90.7 Å². The first-order valence-corrected chi connectivity index (χ1v) is 4.34. The van der Waals surface area contributed by atoms with Gasteiger partial charge >= 0.3 is 6.18 Å². The van der Waals surface area contributed by atoms with E-state index in [1.54, 1.807) is 5.92 Å². The Morgan fingerprint density at radius 2 is 1.81 bits per heavy atom. The van der Waals surface area contributed by atoms with Gasteiger partial charge in [0.05, 0.1) is 7.11 Å². The van der Waals surface area contributed by atoms with Crippen molar-refractivity contribution in [3.63, 3.8) is 0 Å². The lowest BCUT2D eigenvalue weighted by atomic mass is 10.1. The molecule has 0 saturated carbocycles. The number of methoxy groups -OCH3 is 1. The highest BCUT2D eigenvalue weighted by molar-refractivity contribution is 5.32. The second kappa shape index (κ2) is 4.90. The third-order valence-corrected chi connectivity index (χ3v) is 1.78. The zero-order valence-electron chi connectivity index (χ0n) is 8.38. The van der Waals surface area contributed by atoms with Crippen molar-refractivity contribution in [3.8, 4) is 17.6 Å². The van der Waals surface area contributed by atoms with E-state index in [9.17, 15) is 18.3 Å². The van der Waals surface area contributed by atoms with E-state index < -0.39 is 12.3 Å². The molecule has 0 radical (unpaired) electrons. The van der Waals surface area contributed by atoms with Gasteiger partial charge in [0.1, 0.15) is 11.9 Å². The molecule has 2 nitrogen and oxygen atoms in total. The van der Waals surface area contributed by atoms with Crippen molar-refractivity contribution >= 4 is 0 Å². The Balaban J connectivity index is 2.79. The van der Waals surface area contributed by atoms with E-state index in [4.69, 9.17) is 4.74 Å². The van der Waals surface area contributed by atoms with Crippen LogP contribution in [0, 0.1) is 11.8 Å². The molecule has 1 N–H and O–H groups in total. The predicted octanol–water partition coefficient (Wildman–Crippen LogP) is 2.29. The van der Waals surface area contributed by atoms with E-state index in [2.05, 4.69) is 0 Å². The third-order valence-electron chi connectivity index (χ3n) is 1.78. The van der Waals surface area contributed by atoms with Gasteiger partial charge in [-0.05, 0) is 17.7 Å². The molecule has 0 bridgehead atoms. The topological polar surface area (TPSA) is 29.5 Å². The number of ether oxygens (including phenoxy) is 1. The smallest absolute Gasteiger partial charge is 0.457 e. The van der Waals surface area contributed by atoms with Gasteiger partial charge in [0.25, 0.3) is 0 Å². The lowest BCUT2D eigenvalue weighted by molar-refractivity contribution is -0.0700. The maximum Gasteiger partial charge on any atom is 0.457 e. The zero-order valence-corrected chi connectivity index (χ0v) is 8.38. The Morgan fingerprint density at radius 3 is 2.25 bits per heavy atom. The lowest BCUT2D eigenvalue weighted by Crippen LogP contribution is -2.03. The number of alkyl halides is 3. The van der Waals surface area contributed by atoms with Gasteiger partial charge in [-0.25, -0.2) is 0 Å². The number of benzene rings is 1. The molecular weight excluding hydrogens is 221 g/mol. The summed E-state index contributed by atoms with van der Waals surface area (Å²) < 4.78 is 40.1. The van der Waals surface area contributed by atoms with Crippen molar-refractivity contribution in [2.75, 3.05) is 7.11 Å². The molecule has 0 aliphatic heterocycles. The quantitative estimate of drug-likeness (QED) is 0.790. The Kier molecular flexibility index (Phi) is 3.80. The van der Waals surface area contributed by atoms with Crippen molar-refractivity contribution in [3.05, 3.63) is 29.8 Å². The summed E-state index contributed by atoms with van der Waals surface area (Å²) in [6.07, 6.45) is -6.04. The highest BCUT2D eigenvalue weighted by atomic mass is 19.4. The molecule has 0 saturated heterocycles. The molecule has 5 heteroatoms. The fraction of sp³-hybridized carbons (Fsp3) is 0.273. The van der Waals surface area contributed by atoms with E-state index >= 15 is 0 Å². The van der Waals surface area contributed by atoms with Crippen LogP contribution in [0.4, 0.5) is 13.2 Å². The first-order valence-electron chi connectivity index (χ1n) is 4.34. The van der Waals surface area contributed by atoms with Gasteiger partial charge in [-0.1, -0.05) is 18.1 Å². The van der Waals surface area contributed by atoms with Crippen LogP contribution in [0.5, 0.6) is 5.75 Å². The van der Waals surface area contributed by atoms with Crippen LogP contribution in [-0.4, -0.2) is 18.4 Å². The van der Waals surface area contributed by atoms with E-state index in [1.807, 2.05) is 0 Å². The summed E-state index contributed by atoms with van der Waals surface area (Å²) in [4.78, 5) is 0. The van der Waals surface area contributed by atoms with Gasteiger partial charge in [0, 0.05) is 5.92 Å². The molecular formula is C11H9F3O2. The van der Waals surface area contributed by atoms with Gasteiger partial charge in [0.15, 0.2) is 0 Å². The molecule has 0 aliphatic carbocycles. The molecule has 1 unspecified atom stereocenters. The second-order valence-corrected chi connectivity index (χ2v) is 2.94. The molecule has 1 aromatic carbocycles. The van der Waals surface area contributed by atoms with Gasteiger partial charge in [-0.3, -0.25) is 0 Å². The molecule has 1 aromatic rings. The number of hydrogen-bond donors (Lipinski definition) is 1. The van der Waals surface area contributed by atoms with E-state index in [1.165, 1.54) is 31.4 Å². The van der Waals surface area contributed by atoms with Crippen molar-refractivity contribution in [1.29, 1.82) is 0 Å². The van der Waals surface area contributed by atoms with Crippen LogP contribution >= 0.6 is 0 Å². The van der Waals surface area contributed by atoms with Gasteiger partial charge in [0.2, 0.25) is 0 Å². The van der Waals surface area contributed by atoms with Crippen LogP contribution in [0.2, 0.25) is 0 Å². The van der Waals surface area contributed by atoms with Crippen molar-refractivity contribution < 1.29 is 23.0 Å². The lowest BCUT2D eigenvalue weighted by Gasteiger charge is -2.05. The minimum atomic E-state index is -4.59. The zero-order chi connectivity index (χ0) is 12.2. The summed E-state index contributed by atoms with van der Waals surface area (Å²) in [7, 11) is 1.47. The number of halogens is 3. The second-order valence-electron chi connectivity index (χ2n) is 2.94. The van der Waals surface area contributed by atoms with Crippen LogP contribution in [0.25, 0.3) is 0 Å². The van der Waals surface area contributed by atoms with E-state index in [0.717, 1.165) is 5.92 Å². The average Bonchev–Trinajstić information content (AvgIpc) is 2.25. The largest absolute Gasteiger partial charge is 0.497 e. The van der Waals surface area contributed by atoms with Crippen molar-refractivity contribution in [2.24, 2.45) is 0 Å². The third kappa shape index (κ3) is 3.83. The molecule has 0 heterocycles. The fourth-order valence-corrected chi connectivity index (χ4v) is 1.02. The molecule has 1 atom stereocenters. The Hall–Kier alpha value is -1.67. The number of aliphatic hydroxyl groups is 1. The van der Waals surface area contributed by atoms with Gasteiger partial charge < -0.3 is 9.84 Å². The minimum Gasteiger partial charge on any atom is -0.497 e. The SMILES string of the molecule is COc1ccc(C(O)C#CC(F)(F)F)cc1. The van der Waals surface area contributed by atoms with Crippen LogP contribution < -0.4 is 4.74 Å². The average molecular weight is 230 g/mol. The normalized spacial score (nSPS) is 12.6. The summed E-state index contributed by atoms with van der Waals surface area (Å²) in [5.74, 6) is 3.29. The molecule has 0 amide bonds. The summed E-state index contributed by atoms with van der Waals surface area (Å²) >= 11 is 0. The van der Waals surface area contributed by atoms with E-state index in [0.29, 0.717) is 5.75 Å². The Morgan fingerprint density at radius 1 is 1.25 bits per heavy atom. The highest BCUT2D eigenvalue weighted by Gasteiger charge is 2.23. The van der Waals surface area contributed by atoms with Gasteiger partial charge in [-0.2, -0.15) is 13.2 Å². The molecule has 0 aromatic heterocycles. The molecule has 86 valence electrons. The summed E-state index contributed by atoms with van der Waals surface area (Å²) in [5.41, 5.74) is 0.289. The molecule has 1 rings (SSSR count). The van der Waals surface area contributed by atoms with Gasteiger partial charge in [-0.15, -0.1) is 0 Å². The summed E-state index contributed by atoms with van der Waals surface area (Å²) in [6.45, 7) is 0. The molecule has 0 fully saturated rings. The monoisotopic (exact) mass is 230 g/mol. The summed E-state index contributed by atoms with van der Waals surface area (Å²) in [6, 6.07) is 5.98. The Bertz CT molecular complexity index is 398. The van der Waals surface area contributed by atoms with Crippen LogP contribution in [0.15, 0.2) is 24.3 Å². The molecule has 0 aliphatic rings. The first kappa shape index (κ1) is 12.4. The highest BCUT2D eigenvalue weighted by Crippen LogP contribution is 2.18. The van der Waals surface area contributed by atoms with E-state index in [-0.39, 0.29) is 5.56 Å². The molecule has 0 spiro atoms. The predicted molar refractivity (Wildman–Crippen MR) is 51.8 cm³/mol. The number of aliphatic hydroxyl groups excluding tert-OH is 1. The first-order chi connectivity index (χ1) is 7.42. The van der Waals surface area contributed by atoms with Crippen LogP contribution in [0.3, 0.4) is 0 Å². The van der Waals surface area contributed by atoms with Crippen molar-refractivity contribution in [2.45, 2.75) is 12.3 Å². The maximum atomic E-state index is 11.7. The standard InChI is InChI=1S/C11H9F3O2/c1-16-9-4-2-8(3-5-9)10(15)6-7-11(12,13)14/h2-5,10,15H,1H3. The van der Waals surface area contributed by atoms with Crippen LogP contribution in [0.1, 0.15) is 11.7 Å². The van der Waals surface area contributed by atoms with Crippen LogP contribution in [-0.2, 0) is 0 Å². The maximum absolute atomic E-state index is 11.7. The minimum absolute atomic E-state index is 0.289. The summed E-state index contributed by atoms with van der Waals surface area (Å²) in [5, 5.41) is 9.33. The van der Waals surface area contributed by atoms with Crippen molar-refractivity contribution in [1.82, 2.24) is 0 Å². The molecule has 16 heavy (non-hydrogen) atoms. The number of rotatable bonds is 2.